The van der Waals surface area contributed by atoms with Crippen LogP contribution in [0.3, 0.4) is 0 Å². The van der Waals surface area contributed by atoms with Crippen LogP contribution < -0.4 is 10.5 Å². The first-order valence-electron chi connectivity index (χ1n) is 10.5. The number of nitrogens with one attached hydrogen (secondary N) is 1. The monoisotopic (exact) mass is 478 g/mol. The molecular formula is C25H23FN4O3S. The van der Waals surface area contributed by atoms with Crippen LogP contribution in [0, 0.1) is 5.82 Å². The van der Waals surface area contributed by atoms with Gasteiger partial charge < -0.3 is 10.8 Å². The van der Waals surface area contributed by atoms with Gasteiger partial charge in [0.2, 0.25) is 10.0 Å². The van der Waals surface area contributed by atoms with Gasteiger partial charge in [0.25, 0.3) is 0 Å². The van der Waals surface area contributed by atoms with Crippen molar-refractivity contribution in [1.29, 1.82) is 0 Å². The van der Waals surface area contributed by atoms with Crippen molar-refractivity contribution >= 4 is 15.8 Å². The molecule has 0 aliphatic carbocycles. The molecule has 7 nitrogen and oxygen atoms in total. The molecule has 0 radical (unpaired) electrons. The van der Waals surface area contributed by atoms with Gasteiger partial charge >= 0.3 is 0 Å². The normalized spacial score (nSPS) is 12.4. The Hall–Kier alpha value is -3.66. The van der Waals surface area contributed by atoms with Gasteiger partial charge in [0, 0.05) is 17.2 Å². The lowest BCUT2D eigenvalue weighted by atomic mass is 10.0. The third kappa shape index (κ3) is 5.28. The second kappa shape index (κ2) is 10.1. The summed E-state index contributed by atoms with van der Waals surface area (Å²) in [6.07, 6.45) is 3.03. The number of halogens is 1. The topological polar surface area (TPSA) is 118 Å². The van der Waals surface area contributed by atoms with Gasteiger partial charge in [-0.05, 0) is 35.7 Å². The number of aromatic nitrogens is 2. The highest BCUT2D eigenvalue weighted by Crippen LogP contribution is 2.31. The molecule has 0 saturated carbocycles. The fourth-order valence-electron chi connectivity index (χ4n) is 3.63. The summed E-state index contributed by atoms with van der Waals surface area (Å²) < 4.78 is 44.0. The van der Waals surface area contributed by atoms with Crippen molar-refractivity contribution in [3.05, 3.63) is 96.6 Å². The Kier molecular flexibility index (Phi) is 6.97. The highest BCUT2D eigenvalue weighted by molar-refractivity contribution is 7.89. The molecular weight excluding hydrogens is 455 g/mol. The van der Waals surface area contributed by atoms with Crippen LogP contribution in [0.4, 0.5) is 10.2 Å². The fourth-order valence-corrected chi connectivity index (χ4v) is 5.09. The number of hydrogen-bond acceptors (Lipinski definition) is 6. The number of rotatable bonds is 8. The molecule has 4 rings (SSSR count). The first-order chi connectivity index (χ1) is 16.4. The van der Waals surface area contributed by atoms with Gasteiger partial charge in [0.15, 0.2) is 0 Å². The van der Waals surface area contributed by atoms with Gasteiger partial charge in [0.1, 0.15) is 11.6 Å². The summed E-state index contributed by atoms with van der Waals surface area (Å²) in [6, 6.07) is 19.3. The predicted molar refractivity (Wildman–Crippen MR) is 129 cm³/mol. The number of nitrogens with two attached hydrogens (primary N) is 1. The molecule has 4 aromatic rings. The average molecular weight is 479 g/mol. The predicted octanol–water partition coefficient (Wildman–Crippen LogP) is 3.41. The summed E-state index contributed by atoms with van der Waals surface area (Å²) in [5.74, 6) is -0.352. The van der Waals surface area contributed by atoms with Gasteiger partial charge in [-0.15, -0.1) is 0 Å². The molecule has 0 unspecified atom stereocenters. The largest absolute Gasteiger partial charge is 0.395 e. The van der Waals surface area contributed by atoms with Crippen LogP contribution in [0.15, 0.2) is 90.1 Å². The van der Waals surface area contributed by atoms with E-state index in [-0.39, 0.29) is 22.9 Å². The fraction of sp³-hybridized carbons (Fsp3) is 0.120. The van der Waals surface area contributed by atoms with Crippen LogP contribution in [0.5, 0.6) is 0 Å². The van der Waals surface area contributed by atoms with Crippen LogP contribution in [0.1, 0.15) is 5.56 Å². The molecule has 1 heterocycles. The molecule has 0 spiro atoms. The molecule has 34 heavy (non-hydrogen) atoms. The van der Waals surface area contributed by atoms with E-state index >= 15 is 0 Å². The Balaban J connectivity index is 1.64. The summed E-state index contributed by atoms with van der Waals surface area (Å²) >= 11 is 0. The Labute approximate surface area is 197 Å². The molecule has 0 bridgehead atoms. The van der Waals surface area contributed by atoms with Crippen molar-refractivity contribution in [1.82, 2.24) is 14.7 Å². The highest BCUT2D eigenvalue weighted by Gasteiger charge is 2.23. The highest BCUT2D eigenvalue weighted by atomic mass is 32.2. The zero-order chi connectivity index (χ0) is 24.1. The molecule has 0 saturated heterocycles. The van der Waals surface area contributed by atoms with Crippen molar-refractivity contribution in [3.63, 3.8) is 0 Å². The van der Waals surface area contributed by atoms with Crippen LogP contribution >= 0.6 is 0 Å². The SMILES string of the molecule is Nc1cnc(-c2ccc(-c3ccccc3S(=O)(=O)N[C@H](CO)Cc3ccccc3)cc2F)cn1. The standard InChI is InChI=1S/C25H23FN4O3S/c26-22-13-18(10-11-21(22)23-14-29-25(27)15-28-23)20-8-4-5-9-24(20)34(32,33)30-19(16-31)12-17-6-2-1-3-7-17/h1-11,13-15,19,30-31H,12,16H2,(H2,27,29)/t19-/m0/s1. The lowest BCUT2D eigenvalue weighted by Gasteiger charge is -2.18. The summed E-state index contributed by atoms with van der Waals surface area (Å²) in [5.41, 5.74) is 7.68. The maximum Gasteiger partial charge on any atom is 0.241 e. The maximum absolute atomic E-state index is 15.0. The first kappa shape index (κ1) is 23.5. The van der Waals surface area contributed by atoms with Crippen LogP contribution in [-0.4, -0.2) is 36.1 Å². The minimum absolute atomic E-state index is 0.0130. The van der Waals surface area contributed by atoms with E-state index in [1.807, 2.05) is 30.3 Å². The zero-order valence-corrected chi connectivity index (χ0v) is 18.9. The van der Waals surface area contributed by atoms with E-state index in [1.54, 1.807) is 24.3 Å². The summed E-state index contributed by atoms with van der Waals surface area (Å²) in [5, 5.41) is 9.78. The molecule has 174 valence electrons. The van der Waals surface area contributed by atoms with Gasteiger partial charge in [0.05, 0.1) is 29.6 Å². The van der Waals surface area contributed by atoms with E-state index in [0.717, 1.165) is 5.56 Å². The van der Waals surface area contributed by atoms with Crippen molar-refractivity contribution < 1.29 is 17.9 Å². The smallest absolute Gasteiger partial charge is 0.241 e. The summed E-state index contributed by atoms with van der Waals surface area (Å²) in [4.78, 5) is 8.00. The van der Waals surface area contributed by atoms with E-state index < -0.39 is 21.9 Å². The first-order valence-corrected chi connectivity index (χ1v) is 12.0. The van der Waals surface area contributed by atoms with E-state index in [4.69, 9.17) is 5.73 Å². The van der Waals surface area contributed by atoms with Gasteiger partial charge in [-0.25, -0.2) is 22.5 Å². The zero-order valence-electron chi connectivity index (χ0n) is 18.1. The third-order valence-corrected chi connectivity index (χ3v) is 6.85. The lowest BCUT2D eigenvalue weighted by molar-refractivity contribution is 0.256. The number of hydrogen-bond donors (Lipinski definition) is 3. The van der Waals surface area contributed by atoms with E-state index in [2.05, 4.69) is 14.7 Å². The van der Waals surface area contributed by atoms with Gasteiger partial charge in [-0.3, -0.25) is 4.98 Å². The minimum Gasteiger partial charge on any atom is -0.395 e. The number of anilines is 1. The molecule has 0 amide bonds. The quantitative estimate of drug-likeness (QED) is 0.357. The molecule has 9 heteroatoms. The summed E-state index contributed by atoms with van der Waals surface area (Å²) in [7, 11) is -4.02. The number of nitrogen functional groups attached to an aromatic ring is 1. The molecule has 1 atom stereocenters. The third-order valence-electron chi connectivity index (χ3n) is 5.27. The number of aliphatic hydroxyl groups is 1. The molecule has 1 aromatic heterocycles. The molecule has 3 aromatic carbocycles. The Morgan fingerprint density at radius 1 is 0.941 bits per heavy atom. The van der Waals surface area contributed by atoms with E-state index in [9.17, 15) is 17.9 Å². The molecule has 4 N–H and O–H groups in total. The number of nitrogens with zero attached hydrogens (tertiary/aromatic N) is 2. The Bertz CT molecular complexity index is 1380. The molecule has 0 fully saturated rings. The van der Waals surface area contributed by atoms with Crippen molar-refractivity contribution in [2.24, 2.45) is 0 Å². The van der Waals surface area contributed by atoms with Crippen LogP contribution in [0.25, 0.3) is 22.4 Å². The van der Waals surface area contributed by atoms with Gasteiger partial charge in [-0.2, -0.15) is 0 Å². The number of benzene rings is 3. The lowest BCUT2D eigenvalue weighted by Crippen LogP contribution is -2.39. The molecule has 0 aliphatic rings. The van der Waals surface area contributed by atoms with Crippen LogP contribution in [-0.2, 0) is 16.4 Å². The average Bonchev–Trinajstić information content (AvgIpc) is 2.85. The Morgan fingerprint density at radius 3 is 2.35 bits per heavy atom. The molecule has 0 aliphatic heterocycles. The van der Waals surface area contributed by atoms with Gasteiger partial charge in [-0.1, -0.05) is 54.6 Å². The van der Waals surface area contributed by atoms with Crippen LogP contribution in [0.2, 0.25) is 0 Å². The maximum atomic E-state index is 15.0. The number of sulfonamides is 1. The number of aliphatic hydroxyl groups excluding tert-OH is 1. The summed E-state index contributed by atoms with van der Waals surface area (Å²) in [6.45, 7) is -0.373. The van der Waals surface area contributed by atoms with E-state index in [1.165, 1.54) is 30.6 Å². The Morgan fingerprint density at radius 2 is 1.68 bits per heavy atom. The second-order valence-corrected chi connectivity index (χ2v) is 9.39. The van der Waals surface area contributed by atoms with E-state index in [0.29, 0.717) is 23.2 Å². The van der Waals surface area contributed by atoms with Crippen molar-refractivity contribution in [2.45, 2.75) is 17.4 Å². The minimum atomic E-state index is -4.02. The van der Waals surface area contributed by atoms with Crippen molar-refractivity contribution in [3.8, 4) is 22.4 Å². The second-order valence-electron chi connectivity index (χ2n) is 7.71. The van der Waals surface area contributed by atoms with Crippen molar-refractivity contribution in [2.75, 3.05) is 12.3 Å².